The summed E-state index contributed by atoms with van der Waals surface area (Å²) in [6.07, 6.45) is 0.446. The minimum absolute atomic E-state index is 0.0381. The lowest BCUT2D eigenvalue weighted by Crippen LogP contribution is -2.17. The molecule has 0 saturated heterocycles. The molecule has 0 aliphatic rings. The van der Waals surface area contributed by atoms with Gasteiger partial charge in [-0.2, -0.15) is 0 Å². The average molecular weight is 296 g/mol. The molecule has 0 atom stereocenters. The van der Waals surface area contributed by atoms with Crippen LogP contribution < -0.4 is 10.6 Å². The Labute approximate surface area is 132 Å². The Balaban J connectivity index is 1.90. The van der Waals surface area contributed by atoms with Crippen LogP contribution >= 0.6 is 0 Å². The lowest BCUT2D eigenvalue weighted by molar-refractivity contribution is -0.115. The van der Waals surface area contributed by atoms with E-state index < -0.39 is 0 Å². The predicted molar refractivity (Wildman–Crippen MR) is 93.6 cm³/mol. The lowest BCUT2D eigenvalue weighted by atomic mass is 10.1. The summed E-state index contributed by atoms with van der Waals surface area (Å²) >= 11 is 0. The van der Waals surface area contributed by atoms with E-state index in [1.807, 2.05) is 32.0 Å². The van der Waals surface area contributed by atoms with Crippen LogP contribution in [0.25, 0.3) is 0 Å². The van der Waals surface area contributed by atoms with Crippen LogP contribution in [0.15, 0.2) is 36.4 Å². The maximum absolute atomic E-state index is 12.1. The van der Waals surface area contributed by atoms with Crippen LogP contribution in [-0.4, -0.2) is 12.5 Å². The van der Waals surface area contributed by atoms with Crippen molar-refractivity contribution >= 4 is 17.3 Å². The molecule has 0 heterocycles. The fraction of sp³-hybridized carbons (Fsp3) is 0.316. The molecular formula is C19H24N2O. The third-order valence-corrected chi connectivity index (χ3v) is 3.75. The molecule has 0 aromatic heterocycles. The molecule has 0 unspecified atom stereocenters. The largest absolute Gasteiger partial charge is 0.384 e. The second-order valence-corrected chi connectivity index (χ2v) is 5.81. The highest BCUT2D eigenvalue weighted by atomic mass is 16.1. The van der Waals surface area contributed by atoms with E-state index >= 15 is 0 Å². The summed E-state index contributed by atoms with van der Waals surface area (Å²) < 4.78 is 0. The summed E-state index contributed by atoms with van der Waals surface area (Å²) in [6.45, 7) is 8.81. The van der Waals surface area contributed by atoms with Crippen molar-refractivity contribution in [2.75, 3.05) is 17.2 Å². The van der Waals surface area contributed by atoms with Gasteiger partial charge in [-0.3, -0.25) is 4.79 Å². The van der Waals surface area contributed by atoms with Crippen LogP contribution in [0.1, 0.15) is 28.7 Å². The predicted octanol–water partition coefficient (Wildman–Crippen LogP) is 4.36. The zero-order valence-corrected chi connectivity index (χ0v) is 13.8. The number of hydrogen-bond donors (Lipinski definition) is 2. The van der Waals surface area contributed by atoms with Gasteiger partial charge in [-0.25, -0.2) is 0 Å². The molecule has 2 aromatic rings. The third-order valence-electron chi connectivity index (χ3n) is 3.75. The number of hydrogen-bond acceptors (Lipinski definition) is 2. The molecule has 2 rings (SSSR count). The molecule has 0 saturated carbocycles. The number of amides is 1. The first-order chi connectivity index (χ1) is 10.5. The molecule has 0 fully saturated rings. The van der Waals surface area contributed by atoms with Crippen LogP contribution in [0.2, 0.25) is 0 Å². The Morgan fingerprint density at radius 2 is 1.59 bits per heavy atom. The zero-order chi connectivity index (χ0) is 16.1. The van der Waals surface area contributed by atoms with Crippen LogP contribution in [0.5, 0.6) is 0 Å². The quantitative estimate of drug-likeness (QED) is 0.860. The van der Waals surface area contributed by atoms with Crippen LogP contribution in [0.4, 0.5) is 11.4 Å². The van der Waals surface area contributed by atoms with E-state index in [0.29, 0.717) is 13.0 Å². The summed E-state index contributed by atoms with van der Waals surface area (Å²) in [5, 5.41) is 6.33. The highest BCUT2D eigenvalue weighted by Crippen LogP contribution is 2.22. The van der Waals surface area contributed by atoms with Crippen LogP contribution in [-0.2, 0) is 4.79 Å². The van der Waals surface area contributed by atoms with Crippen molar-refractivity contribution in [1.29, 1.82) is 0 Å². The molecule has 3 heteroatoms. The normalized spacial score (nSPS) is 10.4. The van der Waals surface area contributed by atoms with E-state index in [2.05, 4.69) is 42.7 Å². The van der Waals surface area contributed by atoms with Gasteiger partial charge in [-0.15, -0.1) is 0 Å². The highest BCUT2D eigenvalue weighted by Gasteiger charge is 2.08. The molecule has 0 aliphatic carbocycles. The molecule has 0 spiro atoms. The summed E-state index contributed by atoms with van der Waals surface area (Å²) in [7, 11) is 0. The monoisotopic (exact) mass is 296 g/mol. The van der Waals surface area contributed by atoms with E-state index in [9.17, 15) is 4.79 Å². The van der Waals surface area contributed by atoms with Crippen molar-refractivity contribution in [1.82, 2.24) is 0 Å². The fourth-order valence-corrected chi connectivity index (χ4v) is 2.66. The van der Waals surface area contributed by atoms with Gasteiger partial charge < -0.3 is 10.6 Å². The molecule has 0 aliphatic heterocycles. The van der Waals surface area contributed by atoms with E-state index in [1.165, 1.54) is 11.1 Å². The van der Waals surface area contributed by atoms with Gasteiger partial charge in [0.15, 0.2) is 0 Å². The van der Waals surface area contributed by atoms with Crippen molar-refractivity contribution in [2.45, 2.75) is 34.1 Å². The molecule has 1 amide bonds. The van der Waals surface area contributed by atoms with E-state index in [1.54, 1.807) is 0 Å². The van der Waals surface area contributed by atoms with Crippen molar-refractivity contribution in [3.8, 4) is 0 Å². The summed E-state index contributed by atoms with van der Waals surface area (Å²) in [6, 6.07) is 12.3. The Kier molecular flexibility index (Phi) is 5.21. The van der Waals surface area contributed by atoms with Crippen molar-refractivity contribution < 1.29 is 4.79 Å². The average Bonchev–Trinajstić information content (AvgIpc) is 2.45. The maximum atomic E-state index is 12.1. The van der Waals surface area contributed by atoms with Gasteiger partial charge in [-0.05, 0) is 50.5 Å². The summed E-state index contributed by atoms with van der Waals surface area (Å²) in [4.78, 5) is 12.1. The minimum atomic E-state index is 0.0381. The van der Waals surface area contributed by atoms with E-state index in [0.717, 1.165) is 22.5 Å². The Bertz CT molecular complexity index is 654. The third kappa shape index (κ3) is 4.10. The van der Waals surface area contributed by atoms with Gasteiger partial charge in [0.05, 0.1) is 0 Å². The molecule has 22 heavy (non-hydrogen) atoms. The number of carbonyl (C=O) groups is 1. The lowest BCUT2D eigenvalue weighted by Gasteiger charge is -2.13. The van der Waals surface area contributed by atoms with E-state index in [4.69, 9.17) is 0 Å². The Morgan fingerprint density at radius 1 is 0.955 bits per heavy atom. The van der Waals surface area contributed by atoms with Gasteiger partial charge in [0.1, 0.15) is 0 Å². The number of benzene rings is 2. The maximum Gasteiger partial charge on any atom is 0.226 e. The van der Waals surface area contributed by atoms with Gasteiger partial charge in [0, 0.05) is 24.3 Å². The van der Waals surface area contributed by atoms with Gasteiger partial charge in [0.25, 0.3) is 0 Å². The molecular weight excluding hydrogens is 272 g/mol. The Hall–Kier alpha value is -2.29. The fourth-order valence-electron chi connectivity index (χ4n) is 2.66. The summed E-state index contributed by atoms with van der Waals surface area (Å²) in [5.41, 5.74) is 6.64. The first-order valence-electron chi connectivity index (χ1n) is 7.64. The molecule has 0 radical (unpaired) electrons. The van der Waals surface area contributed by atoms with Crippen molar-refractivity contribution in [2.24, 2.45) is 0 Å². The molecule has 2 aromatic carbocycles. The first-order valence-corrected chi connectivity index (χ1v) is 7.64. The van der Waals surface area contributed by atoms with Crippen molar-refractivity contribution in [3.63, 3.8) is 0 Å². The Morgan fingerprint density at radius 3 is 2.23 bits per heavy atom. The van der Waals surface area contributed by atoms with Crippen LogP contribution in [0, 0.1) is 27.7 Å². The van der Waals surface area contributed by atoms with Gasteiger partial charge >= 0.3 is 0 Å². The number of anilines is 2. The number of nitrogens with one attached hydrogen (secondary N) is 2. The molecule has 0 bridgehead atoms. The summed E-state index contributed by atoms with van der Waals surface area (Å²) in [5.74, 6) is 0.0381. The number of aryl methyl sites for hydroxylation is 4. The standard InChI is InChI=1S/C19H24N2O/c1-13-11-15(3)19(16(4)12-13)21-18(22)9-10-20-17-8-6-5-7-14(17)2/h5-8,11-12,20H,9-10H2,1-4H3,(H,21,22). The van der Waals surface area contributed by atoms with Crippen LogP contribution in [0.3, 0.4) is 0 Å². The minimum Gasteiger partial charge on any atom is -0.384 e. The number of rotatable bonds is 5. The molecule has 3 nitrogen and oxygen atoms in total. The smallest absolute Gasteiger partial charge is 0.226 e. The second-order valence-electron chi connectivity index (χ2n) is 5.81. The zero-order valence-electron chi connectivity index (χ0n) is 13.8. The topological polar surface area (TPSA) is 41.1 Å². The van der Waals surface area contributed by atoms with Gasteiger partial charge in [0.2, 0.25) is 5.91 Å². The molecule has 2 N–H and O–H groups in total. The number of para-hydroxylation sites is 1. The highest BCUT2D eigenvalue weighted by molar-refractivity contribution is 5.92. The van der Waals surface area contributed by atoms with E-state index in [-0.39, 0.29) is 5.91 Å². The molecule has 116 valence electrons. The number of carbonyl (C=O) groups excluding carboxylic acids is 1. The first kappa shape index (κ1) is 16.1. The van der Waals surface area contributed by atoms with Crippen molar-refractivity contribution in [3.05, 3.63) is 58.7 Å². The van der Waals surface area contributed by atoms with Gasteiger partial charge in [-0.1, -0.05) is 35.9 Å². The SMILES string of the molecule is Cc1cc(C)c(NC(=O)CCNc2ccccc2C)c(C)c1. The second kappa shape index (κ2) is 7.12.